The van der Waals surface area contributed by atoms with Crippen LogP contribution in [0.1, 0.15) is 49.6 Å². The summed E-state index contributed by atoms with van der Waals surface area (Å²) in [5, 5.41) is 12.4. The number of carboxylic acid groups (broad SMARTS) is 1. The predicted octanol–water partition coefficient (Wildman–Crippen LogP) is 7.92. The van der Waals surface area contributed by atoms with Crippen LogP contribution in [0.25, 0.3) is 21.6 Å². The molecule has 0 saturated carbocycles. The zero-order chi connectivity index (χ0) is 26.5. The molecule has 1 heterocycles. The molecule has 0 aliphatic rings. The summed E-state index contributed by atoms with van der Waals surface area (Å²) in [5.41, 5.74) is 6.03. The average molecular weight is 515 g/mol. The number of nitrogens with zero attached hydrogens (tertiary/aromatic N) is 1. The summed E-state index contributed by atoms with van der Waals surface area (Å²) in [6.07, 6.45) is -0.910. The van der Waals surface area contributed by atoms with Crippen molar-refractivity contribution >= 4 is 29.3 Å². The van der Waals surface area contributed by atoms with Crippen molar-refractivity contribution in [2.24, 2.45) is 5.92 Å². The summed E-state index contributed by atoms with van der Waals surface area (Å²) in [6.45, 7) is 7.52. The van der Waals surface area contributed by atoms with Crippen LogP contribution in [0.2, 0.25) is 0 Å². The molecule has 0 spiro atoms. The molecular weight excluding hydrogens is 484 g/mol. The molecule has 0 saturated heterocycles. The number of aromatic nitrogens is 1. The molecule has 0 radical (unpaired) electrons. The third-order valence-electron chi connectivity index (χ3n) is 6.33. The lowest BCUT2D eigenvalue weighted by Crippen LogP contribution is -2.17. The first-order chi connectivity index (χ1) is 17.7. The van der Waals surface area contributed by atoms with Gasteiger partial charge < -0.3 is 9.84 Å². The first-order valence-corrected chi connectivity index (χ1v) is 12.9. The Balaban J connectivity index is 1.49. The molecule has 2 atom stereocenters. The highest BCUT2D eigenvalue weighted by atomic mass is 32.1. The maximum absolute atomic E-state index is 12.6. The van der Waals surface area contributed by atoms with Gasteiger partial charge in [-0.2, -0.15) is 4.37 Å². The van der Waals surface area contributed by atoms with Crippen molar-refractivity contribution in [2.45, 2.75) is 39.7 Å². The van der Waals surface area contributed by atoms with Crippen molar-refractivity contribution < 1.29 is 19.4 Å². The molecule has 0 bridgehead atoms. The van der Waals surface area contributed by atoms with Gasteiger partial charge in [0, 0.05) is 0 Å². The van der Waals surface area contributed by atoms with Crippen molar-refractivity contribution in [2.75, 3.05) is 5.32 Å². The predicted molar refractivity (Wildman–Crippen MR) is 148 cm³/mol. The topological polar surface area (TPSA) is 88.5 Å². The summed E-state index contributed by atoms with van der Waals surface area (Å²) in [4.78, 5) is 25.1. The van der Waals surface area contributed by atoms with Gasteiger partial charge in [0.1, 0.15) is 6.10 Å². The second-order valence-corrected chi connectivity index (χ2v) is 10.1. The molecule has 37 heavy (non-hydrogen) atoms. The Labute approximate surface area is 221 Å². The molecule has 0 aliphatic carbocycles. The van der Waals surface area contributed by atoms with Crippen molar-refractivity contribution in [3.05, 3.63) is 95.7 Å². The number of aryl methyl sites for hydroxylation is 1. The van der Waals surface area contributed by atoms with Crippen molar-refractivity contribution in [3.63, 3.8) is 0 Å². The molecule has 2 N–H and O–H groups in total. The van der Waals surface area contributed by atoms with Gasteiger partial charge in [-0.05, 0) is 59.1 Å². The molecular formula is C30H30N2O4S. The number of aliphatic carboxylic acids is 1. The van der Waals surface area contributed by atoms with Gasteiger partial charge in [-0.1, -0.05) is 92.7 Å². The number of ether oxygens (including phenoxy) is 1. The number of nitrogens with one attached hydrogen (secondary N) is 1. The Hall–Kier alpha value is -3.97. The summed E-state index contributed by atoms with van der Waals surface area (Å²) in [7, 11) is 0. The Bertz CT molecular complexity index is 1360. The number of anilines is 1. The van der Waals surface area contributed by atoms with Crippen LogP contribution in [0, 0.1) is 12.8 Å². The Morgan fingerprint density at radius 1 is 0.838 bits per heavy atom. The maximum atomic E-state index is 12.6. The van der Waals surface area contributed by atoms with Crippen LogP contribution >= 0.6 is 11.5 Å². The molecule has 4 rings (SSSR count). The number of hydrogen-bond donors (Lipinski definition) is 2. The van der Waals surface area contributed by atoms with Gasteiger partial charge in [0.2, 0.25) is 0 Å². The minimum atomic E-state index is -0.810. The van der Waals surface area contributed by atoms with Crippen molar-refractivity contribution in [3.8, 4) is 21.6 Å². The molecule has 7 heteroatoms. The second kappa shape index (κ2) is 11.4. The Kier molecular flexibility index (Phi) is 8.04. The summed E-state index contributed by atoms with van der Waals surface area (Å²) in [5.74, 6) is -1.33. The highest BCUT2D eigenvalue weighted by Gasteiger charge is 2.23. The quantitative estimate of drug-likeness (QED) is 0.249. The fraction of sp³-hybridized carbons (Fsp3) is 0.233. The van der Waals surface area contributed by atoms with Gasteiger partial charge in [0.15, 0.2) is 0 Å². The fourth-order valence-electron chi connectivity index (χ4n) is 4.31. The molecule has 1 aromatic heterocycles. The van der Waals surface area contributed by atoms with Gasteiger partial charge in [-0.3, -0.25) is 10.1 Å². The summed E-state index contributed by atoms with van der Waals surface area (Å²) in [6, 6.07) is 25.3. The Morgan fingerprint density at radius 2 is 1.41 bits per heavy atom. The zero-order valence-electron chi connectivity index (χ0n) is 21.3. The van der Waals surface area contributed by atoms with E-state index in [2.05, 4.69) is 9.69 Å². The standard InChI is InChI=1S/C30H30N2O4S/c1-18(2)26(29(33)34)24-14-10-22(11-15-24)23-12-16-25(17-13-23)28-27(19(3)32-37-28)31-30(35)36-20(4)21-8-6-5-7-9-21/h5-18,20,26H,1-4H3,(H,31,35)(H,33,34)/t20-,26-/m1/s1. The normalized spacial score (nSPS) is 12.7. The van der Waals surface area contributed by atoms with Gasteiger partial charge in [0.25, 0.3) is 0 Å². The van der Waals surface area contributed by atoms with E-state index in [0.29, 0.717) is 5.69 Å². The van der Waals surface area contributed by atoms with E-state index in [-0.39, 0.29) is 12.0 Å². The largest absolute Gasteiger partial charge is 0.481 e. The maximum Gasteiger partial charge on any atom is 0.412 e. The van der Waals surface area contributed by atoms with Crippen LogP contribution in [0.3, 0.4) is 0 Å². The minimum absolute atomic E-state index is 0.00660. The highest BCUT2D eigenvalue weighted by Crippen LogP contribution is 2.36. The first kappa shape index (κ1) is 26.1. The van der Waals surface area contributed by atoms with E-state index < -0.39 is 18.0 Å². The minimum Gasteiger partial charge on any atom is -0.481 e. The van der Waals surface area contributed by atoms with Crippen LogP contribution in [0.4, 0.5) is 10.5 Å². The van der Waals surface area contributed by atoms with Crippen LogP contribution in [0.15, 0.2) is 78.9 Å². The van der Waals surface area contributed by atoms with Crippen molar-refractivity contribution in [1.29, 1.82) is 0 Å². The second-order valence-electron chi connectivity index (χ2n) is 9.31. The van der Waals surface area contributed by atoms with E-state index >= 15 is 0 Å². The molecule has 1 amide bonds. The number of carbonyl (C=O) groups is 2. The van der Waals surface area contributed by atoms with E-state index in [0.717, 1.165) is 38.4 Å². The monoisotopic (exact) mass is 514 g/mol. The molecule has 190 valence electrons. The number of benzene rings is 3. The van der Waals surface area contributed by atoms with Crippen LogP contribution in [0.5, 0.6) is 0 Å². The number of carboxylic acids is 1. The number of amides is 1. The molecule has 0 fully saturated rings. The van der Waals surface area contributed by atoms with Crippen molar-refractivity contribution in [1.82, 2.24) is 4.37 Å². The van der Waals surface area contributed by atoms with Gasteiger partial charge in [-0.15, -0.1) is 0 Å². The van der Waals surface area contributed by atoms with Gasteiger partial charge in [0.05, 0.1) is 22.2 Å². The first-order valence-electron chi connectivity index (χ1n) is 12.2. The number of carbonyl (C=O) groups excluding carboxylic acids is 1. The van der Waals surface area contributed by atoms with E-state index in [1.165, 1.54) is 11.5 Å². The fourth-order valence-corrected chi connectivity index (χ4v) is 5.16. The van der Waals surface area contributed by atoms with E-state index in [4.69, 9.17) is 4.74 Å². The lowest BCUT2D eigenvalue weighted by molar-refractivity contribution is -0.139. The summed E-state index contributed by atoms with van der Waals surface area (Å²) < 4.78 is 10.0. The third kappa shape index (κ3) is 6.06. The lowest BCUT2D eigenvalue weighted by Gasteiger charge is -2.17. The van der Waals surface area contributed by atoms with E-state index in [1.54, 1.807) is 0 Å². The van der Waals surface area contributed by atoms with Crippen LogP contribution in [-0.2, 0) is 9.53 Å². The average Bonchev–Trinajstić information content (AvgIpc) is 3.24. The van der Waals surface area contributed by atoms with Gasteiger partial charge >= 0.3 is 12.1 Å². The number of hydrogen-bond acceptors (Lipinski definition) is 5. The third-order valence-corrected chi connectivity index (χ3v) is 7.31. The molecule has 6 nitrogen and oxygen atoms in total. The SMILES string of the molecule is Cc1nsc(-c2ccc(-c3ccc([C@H](C(=O)O)C(C)C)cc3)cc2)c1NC(=O)O[C@H](C)c1ccccc1. The smallest absolute Gasteiger partial charge is 0.412 e. The van der Waals surface area contributed by atoms with Gasteiger partial charge in [-0.25, -0.2) is 4.79 Å². The molecule has 4 aromatic rings. The van der Waals surface area contributed by atoms with Crippen LogP contribution < -0.4 is 5.32 Å². The van der Waals surface area contributed by atoms with E-state index in [9.17, 15) is 14.7 Å². The molecule has 0 unspecified atom stereocenters. The zero-order valence-corrected chi connectivity index (χ0v) is 22.1. The summed E-state index contributed by atoms with van der Waals surface area (Å²) >= 11 is 1.32. The highest BCUT2D eigenvalue weighted by molar-refractivity contribution is 7.10. The van der Waals surface area contributed by atoms with E-state index in [1.807, 2.05) is 107 Å². The Morgan fingerprint density at radius 3 is 1.97 bits per heavy atom. The van der Waals surface area contributed by atoms with Crippen LogP contribution in [-0.4, -0.2) is 21.5 Å². The number of rotatable bonds is 8. The lowest BCUT2D eigenvalue weighted by atomic mass is 9.87. The molecule has 3 aromatic carbocycles. The molecule has 0 aliphatic heterocycles.